The Kier molecular flexibility index (Phi) is 1.96. The van der Waals surface area contributed by atoms with Gasteiger partial charge in [0.2, 0.25) is 0 Å². The molecule has 0 radical (unpaired) electrons. The molecule has 1 aromatic heterocycles. The van der Waals surface area contributed by atoms with Gasteiger partial charge in [0.05, 0.1) is 6.61 Å². The number of ether oxygens (including phenoxy) is 1. The van der Waals surface area contributed by atoms with E-state index in [1.807, 2.05) is 12.3 Å². The lowest BCUT2D eigenvalue weighted by Crippen LogP contribution is -2.02. The van der Waals surface area contributed by atoms with Gasteiger partial charge in [-0.2, -0.15) is 0 Å². The summed E-state index contributed by atoms with van der Waals surface area (Å²) in [5.74, 6) is 0.457. The molecule has 1 unspecified atom stereocenters. The van der Waals surface area contributed by atoms with Crippen molar-refractivity contribution in [3.63, 3.8) is 0 Å². The van der Waals surface area contributed by atoms with Crippen molar-refractivity contribution < 1.29 is 4.74 Å². The Bertz CT molecular complexity index is 269. The fraction of sp³-hybridized carbons (Fsp3) is 0.444. The van der Waals surface area contributed by atoms with Crippen molar-refractivity contribution in [2.45, 2.75) is 12.3 Å². The van der Waals surface area contributed by atoms with E-state index < -0.39 is 0 Å². The van der Waals surface area contributed by atoms with E-state index in [2.05, 4.69) is 4.98 Å². The highest BCUT2D eigenvalue weighted by Crippen LogP contribution is 2.28. The molecule has 2 rings (SSSR count). The Morgan fingerprint density at radius 2 is 2.50 bits per heavy atom. The Morgan fingerprint density at radius 1 is 1.58 bits per heavy atom. The van der Waals surface area contributed by atoms with E-state index in [1.54, 1.807) is 6.20 Å². The van der Waals surface area contributed by atoms with E-state index in [0.29, 0.717) is 5.92 Å². The largest absolute Gasteiger partial charge is 0.398 e. The van der Waals surface area contributed by atoms with Crippen LogP contribution in [0.15, 0.2) is 18.5 Å². The number of pyridine rings is 1. The zero-order chi connectivity index (χ0) is 8.39. The van der Waals surface area contributed by atoms with Crippen molar-refractivity contribution >= 4 is 5.69 Å². The lowest BCUT2D eigenvalue weighted by molar-refractivity contribution is 0.194. The van der Waals surface area contributed by atoms with Crippen LogP contribution in [-0.4, -0.2) is 18.2 Å². The van der Waals surface area contributed by atoms with Crippen LogP contribution < -0.4 is 5.73 Å². The summed E-state index contributed by atoms with van der Waals surface area (Å²) in [7, 11) is 0. The number of nitrogen functional groups attached to an aromatic ring is 1. The molecule has 3 heteroatoms. The van der Waals surface area contributed by atoms with E-state index in [1.165, 1.54) is 0 Å². The van der Waals surface area contributed by atoms with E-state index in [-0.39, 0.29) is 0 Å². The lowest BCUT2D eigenvalue weighted by atomic mass is 9.99. The number of nitrogens with zero attached hydrogens (tertiary/aromatic N) is 1. The molecule has 2 heterocycles. The molecule has 64 valence electrons. The van der Waals surface area contributed by atoms with Crippen LogP contribution in [0.25, 0.3) is 0 Å². The van der Waals surface area contributed by atoms with Gasteiger partial charge in [-0.1, -0.05) is 0 Å². The second-order valence-electron chi connectivity index (χ2n) is 3.07. The quantitative estimate of drug-likeness (QED) is 0.677. The van der Waals surface area contributed by atoms with Crippen LogP contribution in [0.3, 0.4) is 0 Å². The van der Waals surface area contributed by atoms with E-state index in [4.69, 9.17) is 10.5 Å². The Balaban J connectivity index is 2.26. The Labute approximate surface area is 71.6 Å². The van der Waals surface area contributed by atoms with Crippen LogP contribution in [0.1, 0.15) is 17.9 Å². The first kappa shape index (κ1) is 7.55. The monoisotopic (exact) mass is 164 g/mol. The van der Waals surface area contributed by atoms with Gasteiger partial charge in [-0.05, 0) is 18.1 Å². The molecule has 1 atom stereocenters. The number of nitrogens with two attached hydrogens (primary N) is 1. The molecule has 12 heavy (non-hydrogen) atoms. The minimum atomic E-state index is 0.457. The molecule has 1 fully saturated rings. The van der Waals surface area contributed by atoms with E-state index >= 15 is 0 Å². The summed E-state index contributed by atoms with van der Waals surface area (Å²) in [6, 6.07) is 1.84. The zero-order valence-corrected chi connectivity index (χ0v) is 6.86. The first-order chi connectivity index (χ1) is 5.88. The third-order valence-electron chi connectivity index (χ3n) is 2.26. The smallest absolute Gasteiger partial charge is 0.0536 e. The molecule has 1 aliphatic heterocycles. The fourth-order valence-electron chi connectivity index (χ4n) is 1.54. The first-order valence-electron chi connectivity index (χ1n) is 4.15. The molecule has 1 saturated heterocycles. The van der Waals surface area contributed by atoms with Crippen LogP contribution in [0, 0.1) is 0 Å². The van der Waals surface area contributed by atoms with Crippen LogP contribution in [0.5, 0.6) is 0 Å². The molecule has 0 spiro atoms. The number of rotatable bonds is 1. The Hall–Kier alpha value is -1.09. The molecular formula is C9H12N2O. The summed E-state index contributed by atoms with van der Waals surface area (Å²) in [5, 5.41) is 0. The second kappa shape index (κ2) is 3.11. The van der Waals surface area contributed by atoms with Crippen molar-refractivity contribution in [1.82, 2.24) is 4.98 Å². The van der Waals surface area contributed by atoms with Crippen LogP contribution in [-0.2, 0) is 4.74 Å². The van der Waals surface area contributed by atoms with Crippen molar-refractivity contribution in [1.29, 1.82) is 0 Å². The van der Waals surface area contributed by atoms with Gasteiger partial charge in [0.1, 0.15) is 0 Å². The topological polar surface area (TPSA) is 48.1 Å². The third kappa shape index (κ3) is 1.28. The highest BCUT2D eigenvalue weighted by atomic mass is 16.5. The second-order valence-corrected chi connectivity index (χ2v) is 3.07. The van der Waals surface area contributed by atoms with E-state index in [0.717, 1.165) is 30.9 Å². The molecule has 0 bridgehead atoms. The van der Waals surface area contributed by atoms with Gasteiger partial charge in [0.15, 0.2) is 0 Å². The summed E-state index contributed by atoms with van der Waals surface area (Å²) < 4.78 is 5.28. The molecule has 1 aliphatic rings. The summed E-state index contributed by atoms with van der Waals surface area (Å²) in [4.78, 5) is 4.05. The van der Waals surface area contributed by atoms with Crippen LogP contribution >= 0.6 is 0 Å². The molecule has 0 amide bonds. The zero-order valence-electron chi connectivity index (χ0n) is 6.86. The minimum Gasteiger partial charge on any atom is -0.398 e. The number of anilines is 1. The van der Waals surface area contributed by atoms with E-state index in [9.17, 15) is 0 Å². The van der Waals surface area contributed by atoms with Crippen molar-refractivity contribution in [2.24, 2.45) is 0 Å². The highest BCUT2D eigenvalue weighted by molar-refractivity contribution is 5.46. The summed E-state index contributed by atoms with van der Waals surface area (Å²) in [6.07, 6.45) is 4.62. The summed E-state index contributed by atoms with van der Waals surface area (Å²) >= 11 is 0. The number of aromatic nitrogens is 1. The molecule has 1 aromatic rings. The minimum absolute atomic E-state index is 0.457. The molecule has 0 aromatic carbocycles. The van der Waals surface area contributed by atoms with Gasteiger partial charge in [-0.25, -0.2) is 0 Å². The van der Waals surface area contributed by atoms with Crippen molar-refractivity contribution in [3.05, 3.63) is 24.0 Å². The van der Waals surface area contributed by atoms with Gasteiger partial charge in [-0.15, -0.1) is 0 Å². The SMILES string of the molecule is Nc1ccncc1C1CCOC1. The normalized spacial score (nSPS) is 22.8. The van der Waals surface area contributed by atoms with Crippen LogP contribution in [0.4, 0.5) is 5.69 Å². The third-order valence-corrected chi connectivity index (χ3v) is 2.26. The van der Waals surface area contributed by atoms with Gasteiger partial charge in [0.25, 0.3) is 0 Å². The summed E-state index contributed by atoms with van der Waals surface area (Å²) in [5.41, 5.74) is 7.77. The number of hydrogen-bond acceptors (Lipinski definition) is 3. The van der Waals surface area contributed by atoms with Gasteiger partial charge >= 0.3 is 0 Å². The van der Waals surface area contributed by atoms with Gasteiger partial charge in [-0.3, -0.25) is 4.98 Å². The van der Waals surface area contributed by atoms with Gasteiger partial charge < -0.3 is 10.5 Å². The average molecular weight is 164 g/mol. The molecule has 0 aliphatic carbocycles. The van der Waals surface area contributed by atoms with Crippen molar-refractivity contribution in [3.8, 4) is 0 Å². The predicted octanol–water partition coefficient (Wildman–Crippen LogP) is 1.17. The van der Waals surface area contributed by atoms with Gasteiger partial charge in [0, 0.05) is 30.6 Å². The molecule has 0 saturated carbocycles. The Morgan fingerprint density at radius 3 is 3.17 bits per heavy atom. The molecular weight excluding hydrogens is 152 g/mol. The average Bonchev–Trinajstić information content (AvgIpc) is 2.57. The maximum absolute atomic E-state index is 5.80. The fourth-order valence-corrected chi connectivity index (χ4v) is 1.54. The first-order valence-corrected chi connectivity index (χ1v) is 4.15. The maximum atomic E-state index is 5.80. The summed E-state index contributed by atoms with van der Waals surface area (Å²) in [6.45, 7) is 1.63. The standard InChI is InChI=1S/C9H12N2O/c10-9-1-3-11-5-8(9)7-2-4-12-6-7/h1,3,5,7H,2,4,6H2,(H2,10,11). The highest BCUT2D eigenvalue weighted by Gasteiger charge is 2.19. The number of hydrogen-bond donors (Lipinski definition) is 1. The maximum Gasteiger partial charge on any atom is 0.0536 e. The molecule has 2 N–H and O–H groups in total. The lowest BCUT2D eigenvalue weighted by Gasteiger charge is -2.09. The van der Waals surface area contributed by atoms with Crippen LogP contribution in [0.2, 0.25) is 0 Å². The van der Waals surface area contributed by atoms with Crippen molar-refractivity contribution in [2.75, 3.05) is 18.9 Å². The molecule has 3 nitrogen and oxygen atoms in total. The predicted molar refractivity (Wildman–Crippen MR) is 46.8 cm³/mol.